The van der Waals surface area contributed by atoms with Gasteiger partial charge >= 0.3 is 0 Å². The average molecular weight is 394 g/mol. The summed E-state index contributed by atoms with van der Waals surface area (Å²) in [6, 6.07) is 0. The molecule has 2 bridgehead atoms. The maximum absolute atomic E-state index is 3.67. The average Bonchev–Trinajstić information content (AvgIpc) is 2.43. The van der Waals surface area contributed by atoms with Gasteiger partial charge in [0.25, 0.3) is 0 Å². The molecule has 4 unspecified atom stereocenters. The summed E-state index contributed by atoms with van der Waals surface area (Å²) in [4.78, 5) is 5.35. The number of hydrogen-bond donors (Lipinski definition) is 1. The second kappa shape index (κ2) is 8.88. The maximum atomic E-state index is 3.67. The first-order valence-corrected chi connectivity index (χ1v) is 9.20. The van der Waals surface area contributed by atoms with Gasteiger partial charge in [-0.15, -0.1) is 0 Å². The van der Waals surface area contributed by atoms with E-state index in [2.05, 4.69) is 54.9 Å². The van der Waals surface area contributed by atoms with E-state index in [1.165, 1.54) is 65.3 Å². The van der Waals surface area contributed by atoms with Crippen LogP contribution >= 0.6 is 22.9 Å². The SMILES string of the molecule is CCC1CNCCN2CCN(CCN(I)CC(C)C2)C1. The molecule has 118 valence electrons. The molecule has 20 heavy (non-hydrogen) atoms. The predicted octanol–water partition coefficient (Wildman–Crippen LogP) is 1.52. The number of nitrogens with zero attached hydrogens (tertiary/aromatic N) is 3. The first-order valence-electron chi connectivity index (χ1n) is 8.23. The van der Waals surface area contributed by atoms with Gasteiger partial charge in [-0.3, -0.25) is 0 Å². The molecule has 0 aromatic carbocycles. The van der Waals surface area contributed by atoms with E-state index in [0.717, 1.165) is 18.4 Å². The van der Waals surface area contributed by atoms with Crippen LogP contribution in [0.4, 0.5) is 0 Å². The molecule has 5 heteroatoms. The van der Waals surface area contributed by atoms with Crippen molar-refractivity contribution in [1.29, 1.82) is 0 Å². The van der Waals surface area contributed by atoms with E-state index in [9.17, 15) is 0 Å². The zero-order valence-electron chi connectivity index (χ0n) is 13.2. The second-order valence-corrected chi connectivity index (χ2v) is 7.92. The molecule has 0 aromatic heterocycles. The van der Waals surface area contributed by atoms with Crippen LogP contribution in [0.1, 0.15) is 20.3 Å². The normalized spacial score (nSPS) is 38.5. The van der Waals surface area contributed by atoms with Crippen LogP contribution in [0.25, 0.3) is 0 Å². The first-order chi connectivity index (χ1) is 9.67. The lowest BCUT2D eigenvalue weighted by Gasteiger charge is -2.36. The molecule has 1 N–H and O–H groups in total. The molecule has 2 heterocycles. The minimum absolute atomic E-state index is 0.768. The van der Waals surface area contributed by atoms with Gasteiger partial charge in [0.05, 0.1) is 0 Å². The Morgan fingerprint density at radius 1 is 1.00 bits per heavy atom. The van der Waals surface area contributed by atoms with Gasteiger partial charge in [-0.05, 0) is 18.4 Å². The summed E-state index contributed by atoms with van der Waals surface area (Å²) in [5, 5.41) is 3.67. The summed E-state index contributed by atoms with van der Waals surface area (Å²) in [7, 11) is 0. The van der Waals surface area contributed by atoms with E-state index in [-0.39, 0.29) is 0 Å². The quantitative estimate of drug-likeness (QED) is 0.538. The standard InChI is InChI=1S/C15H31IN4/c1-3-15-10-17-4-5-18-6-7-19(13-15)8-9-20(16)12-14(2)11-18/h14-15,17H,3-13H2,1-2H3. The Kier molecular flexibility index (Phi) is 7.52. The molecule has 0 saturated carbocycles. The Labute approximate surface area is 138 Å². The Bertz CT molecular complexity index is 277. The van der Waals surface area contributed by atoms with Crippen LogP contribution in [0.5, 0.6) is 0 Å². The highest BCUT2D eigenvalue weighted by Crippen LogP contribution is 2.12. The third-order valence-electron chi connectivity index (χ3n) is 4.60. The molecule has 2 rings (SSSR count). The summed E-state index contributed by atoms with van der Waals surface area (Å²) in [5.41, 5.74) is 0. The van der Waals surface area contributed by atoms with Gasteiger partial charge in [0.2, 0.25) is 0 Å². The van der Waals surface area contributed by atoms with Crippen molar-refractivity contribution < 1.29 is 0 Å². The van der Waals surface area contributed by atoms with Crippen molar-refractivity contribution in [2.24, 2.45) is 11.8 Å². The van der Waals surface area contributed by atoms with Gasteiger partial charge in [0.15, 0.2) is 0 Å². The van der Waals surface area contributed by atoms with E-state index in [1.807, 2.05) is 0 Å². The first kappa shape index (κ1) is 16.9. The lowest BCUT2D eigenvalue weighted by atomic mass is 10.1. The highest BCUT2D eigenvalue weighted by atomic mass is 127. The van der Waals surface area contributed by atoms with Crippen LogP contribution in [0.2, 0.25) is 0 Å². The number of rotatable bonds is 1. The predicted molar refractivity (Wildman–Crippen MR) is 94.3 cm³/mol. The van der Waals surface area contributed by atoms with Crippen LogP contribution in [0.3, 0.4) is 0 Å². The number of fused-ring (bicyclic) bond motifs is 3. The molecule has 0 aliphatic carbocycles. The van der Waals surface area contributed by atoms with Crippen molar-refractivity contribution in [3.8, 4) is 0 Å². The summed E-state index contributed by atoms with van der Waals surface area (Å²) < 4.78 is 2.49. The molecule has 0 spiro atoms. The molecule has 4 nitrogen and oxygen atoms in total. The van der Waals surface area contributed by atoms with Crippen molar-refractivity contribution in [2.45, 2.75) is 20.3 Å². The van der Waals surface area contributed by atoms with Gasteiger partial charge < -0.3 is 15.1 Å². The Morgan fingerprint density at radius 3 is 2.45 bits per heavy atom. The molecule has 0 aromatic rings. The molecule has 0 radical (unpaired) electrons. The molecule has 0 amide bonds. The summed E-state index contributed by atoms with van der Waals surface area (Å²) >= 11 is 2.52. The Hall–Kier alpha value is 0.570. The molecule has 4 atom stereocenters. The molecule has 2 fully saturated rings. The Balaban J connectivity index is 2.01. The van der Waals surface area contributed by atoms with E-state index >= 15 is 0 Å². The summed E-state index contributed by atoms with van der Waals surface area (Å²) in [6.07, 6.45) is 1.29. The van der Waals surface area contributed by atoms with Gasteiger partial charge in [0.1, 0.15) is 0 Å². The number of halogens is 1. The van der Waals surface area contributed by atoms with E-state index in [0.29, 0.717) is 0 Å². The van der Waals surface area contributed by atoms with E-state index in [1.54, 1.807) is 0 Å². The molecule has 2 aliphatic heterocycles. The minimum atomic E-state index is 0.768. The minimum Gasteiger partial charge on any atom is -0.315 e. The number of hydrogen-bond acceptors (Lipinski definition) is 4. The monoisotopic (exact) mass is 394 g/mol. The third-order valence-corrected chi connectivity index (χ3v) is 5.48. The Morgan fingerprint density at radius 2 is 1.70 bits per heavy atom. The van der Waals surface area contributed by atoms with Crippen molar-refractivity contribution in [3.63, 3.8) is 0 Å². The summed E-state index contributed by atoms with van der Waals surface area (Å²) in [5.74, 6) is 1.58. The van der Waals surface area contributed by atoms with Gasteiger partial charge in [-0.2, -0.15) is 0 Å². The van der Waals surface area contributed by atoms with Crippen LogP contribution < -0.4 is 5.32 Å². The fourth-order valence-electron chi connectivity index (χ4n) is 3.30. The van der Waals surface area contributed by atoms with Crippen LogP contribution in [0, 0.1) is 11.8 Å². The van der Waals surface area contributed by atoms with Gasteiger partial charge in [0, 0.05) is 81.8 Å². The maximum Gasteiger partial charge on any atom is 0.0209 e. The zero-order valence-corrected chi connectivity index (χ0v) is 15.3. The largest absolute Gasteiger partial charge is 0.315 e. The lowest BCUT2D eigenvalue weighted by Crippen LogP contribution is -2.48. The zero-order chi connectivity index (χ0) is 14.4. The van der Waals surface area contributed by atoms with Crippen LogP contribution in [-0.2, 0) is 0 Å². The van der Waals surface area contributed by atoms with Crippen molar-refractivity contribution in [3.05, 3.63) is 0 Å². The van der Waals surface area contributed by atoms with Crippen molar-refractivity contribution in [1.82, 2.24) is 18.2 Å². The highest BCUT2D eigenvalue weighted by molar-refractivity contribution is 14.1. The van der Waals surface area contributed by atoms with Crippen molar-refractivity contribution >= 4 is 22.9 Å². The van der Waals surface area contributed by atoms with Crippen molar-refractivity contribution in [2.75, 3.05) is 65.4 Å². The van der Waals surface area contributed by atoms with Gasteiger partial charge in [-0.25, -0.2) is 3.11 Å². The number of nitrogens with one attached hydrogen (secondary N) is 1. The fraction of sp³-hybridized carbons (Fsp3) is 1.00. The molecular weight excluding hydrogens is 363 g/mol. The van der Waals surface area contributed by atoms with Gasteiger partial charge in [-0.1, -0.05) is 20.3 Å². The molecule has 2 aliphatic rings. The molecular formula is C15H31IN4. The summed E-state index contributed by atoms with van der Waals surface area (Å²) in [6.45, 7) is 16.9. The lowest BCUT2D eigenvalue weighted by molar-refractivity contribution is 0.138. The highest BCUT2D eigenvalue weighted by Gasteiger charge is 2.20. The van der Waals surface area contributed by atoms with Crippen LogP contribution in [-0.4, -0.2) is 78.4 Å². The smallest absolute Gasteiger partial charge is 0.0209 e. The van der Waals surface area contributed by atoms with E-state index in [4.69, 9.17) is 0 Å². The second-order valence-electron chi connectivity index (χ2n) is 6.55. The fourth-order valence-corrected chi connectivity index (χ4v) is 4.18. The molecule has 2 saturated heterocycles. The topological polar surface area (TPSA) is 21.8 Å². The van der Waals surface area contributed by atoms with Crippen LogP contribution in [0.15, 0.2) is 0 Å². The third kappa shape index (κ3) is 5.75. The van der Waals surface area contributed by atoms with E-state index < -0.39 is 0 Å².